The van der Waals surface area contributed by atoms with Crippen molar-refractivity contribution in [3.63, 3.8) is 0 Å². The smallest absolute Gasteiger partial charge is 0.206 e. The molecular formula is C18H33N5O. The Labute approximate surface area is 145 Å². The van der Waals surface area contributed by atoms with E-state index >= 15 is 0 Å². The highest BCUT2D eigenvalue weighted by Crippen LogP contribution is 2.47. The Bertz CT molecular complexity index is 438. The largest absolute Gasteiger partial charge is 0.377 e. The molecule has 0 radical (unpaired) electrons. The molecule has 1 heterocycles. The monoisotopic (exact) mass is 335 g/mol. The van der Waals surface area contributed by atoms with Gasteiger partial charge in [0.05, 0.1) is 12.7 Å². The van der Waals surface area contributed by atoms with Gasteiger partial charge < -0.3 is 15.4 Å². The third kappa shape index (κ3) is 4.93. The fraction of sp³-hybridized carbons (Fsp3) is 0.889. The van der Waals surface area contributed by atoms with Crippen molar-refractivity contribution in [1.82, 2.24) is 10.3 Å². The molecule has 2 aliphatic carbocycles. The molecule has 1 aliphatic heterocycles. The summed E-state index contributed by atoms with van der Waals surface area (Å²) in [4.78, 5) is 2.53. The normalized spacial score (nSPS) is 31.3. The lowest BCUT2D eigenvalue weighted by Crippen LogP contribution is -2.36. The summed E-state index contributed by atoms with van der Waals surface area (Å²) >= 11 is 0. The Balaban J connectivity index is 1.34. The first-order valence-corrected chi connectivity index (χ1v) is 9.65. The number of nitrogens with one attached hydrogen (secondary N) is 2. The zero-order valence-electron chi connectivity index (χ0n) is 14.9. The predicted molar refractivity (Wildman–Crippen MR) is 97.3 cm³/mol. The summed E-state index contributed by atoms with van der Waals surface area (Å²) in [6, 6.07) is 0. The lowest BCUT2D eigenvalue weighted by atomic mass is 9.64. The summed E-state index contributed by atoms with van der Waals surface area (Å²) < 4.78 is 6.15. The predicted octanol–water partition coefficient (Wildman–Crippen LogP) is 2.44. The zero-order chi connectivity index (χ0) is 16.8. The van der Waals surface area contributed by atoms with Crippen LogP contribution in [0.15, 0.2) is 5.10 Å². The van der Waals surface area contributed by atoms with Gasteiger partial charge in [-0.15, -0.1) is 0 Å². The van der Waals surface area contributed by atoms with E-state index in [2.05, 4.69) is 15.4 Å². The number of hydrogen-bond acceptors (Lipinski definition) is 4. The van der Waals surface area contributed by atoms with Gasteiger partial charge in [0.25, 0.3) is 0 Å². The van der Waals surface area contributed by atoms with E-state index in [1.165, 1.54) is 70.2 Å². The second-order valence-corrected chi connectivity index (χ2v) is 7.82. The van der Waals surface area contributed by atoms with Crippen molar-refractivity contribution in [2.75, 3.05) is 26.2 Å². The quantitative estimate of drug-likeness (QED) is 0.409. The lowest BCUT2D eigenvalue weighted by molar-refractivity contribution is -0.0147. The van der Waals surface area contributed by atoms with Crippen LogP contribution < -0.4 is 11.2 Å². The minimum atomic E-state index is -0.0747. The first-order chi connectivity index (χ1) is 11.7. The molecule has 0 aromatic carbocycles. The highest BCUT2D eigenvalue weighted by Gasteiger charge is 2.37. The molecule has 0 bridgehead atoms. The molecule has 3 aliphatic rings. The van der Waals surface area contributed by atoms with Gasteiger partial charge in [-0.1, -0.05) is 0 Å². The van der Waals surface area contributed by atoms with Gasteiger partial charge in [0, 0.05) is 12.3 Å². The minimum absolute atomic E-state index is 0.0747. The average Bonchev–Trinajstić information content (AvgIpc) is 3.10. The van der Waals surface area contributed by atoms with Crippen molar-refractivity contribution in [3.8, 4) is 0 Å². The first kappa shape index (κ1) is 17.7. The van der Waals surface area contributed by atoms with E-state index in [0.717, 1.165) is 26.0 Å². The molecule has 24 heavy (non-hydrogen) atoms. The van der Waals surface area contributed by atoms with Gasteiger partial charge in [0.1, 0.15) is 0 Å². The Morgan fingerprint density at radius 2 is 1.88 bits per heavy atom. The van der Waals surface area contributed by atoms with Crippen LogP contribution in [0.2, 0.25) is 0 Å². The topological polar surface area (TPSA) is 86.7 Å². The molecule has 3 rings (SSSR count). The van der Waals surface area contributed by atoms with Crippen molar-refractivity contribution >= 4 is 11.7 Å². The lowest BCUT2D eigenvalue weighted by Gasteiger charge is -2.43. The van der Waals surface area contributed by atoms with Gasteiger partial charge >= 0.3 is 0 Å². The average molecular weight is 335 g/mol. The number of likely N-dealkylation sites (tertiary alicyclic amines) is 1. The summed E-state index contributed by atoms with van der Waals surface area (Å²) in [5.74, 6) is -0.0747. The Morgan fingerprint density at radius 3 is 2.50 bits per heavy atom. The molecule has 0 atom stereocenters. The van der Waals surface area contributed by atoms with E-state index in [1.54, 1.807) is 0 Å². The van der Waals surface area contributed by atoms with E-state index in [-0.39, 0.29) is 5.96 Å². The van der Waals surface area contributed by atoms with Crippen LogP contribution in [0.25, 0.3) is 0 Å². The molecular weight excluding hydrogens is 302 g/mol. The number of nitrogens with zero attached hydrogens (tertiary/aromatic N) is 2. The number of hydrogen-bond donors (Lipinski definition) is 3. The third-order valence-corrected chi connectivity index (χ3v) is 6.18. The van der Waals surface area contributed by atoms with Crippen molar-refractivity contribution in [1.29, 1.82) is 5.41 Å². The summed E-state index contributed by atoms with van der Waals surface area (Å²) in [6.07, 6.45) is 12.8. The van der Waals surface area contributed by atoms with Gasteiger partial charge in [-0.2, -0.15) is 5.10 Å². The molecule has 1 saturated heterocycles. The molecule has 136 valence electrons. The fourth-order valence-corrected chi connectivity index (χ4v) is 4.55. The van der Waals surface area contributed by atoms with Crippen molar-refractivity contribution < 1.29 is 4.74 Å². The number of nitrogens with two attached hydrogens (primary N) is 1. The van der Waals surface area contributed by atoms with E-state index in [9.17, 15) is 0 Å². The highest BCUT2D eigenvalue weighted by atomic mass is 16.5. The van der Waals surface area contributed by atoms with Crippen LogP contribution in [-0.2, 0) is 4.74 Å². The van der Waals surface area contributed by atoms with Crippen LogP contribution in [0.1, 0.15) is 64.2 Å². The number of guanidine groups is 1. The van der Waals surface area contributed by atoms with E-state index in [0.29, 0.717) is 11.5 Å². The van der Waals surface area contributed by atoms with Crippen molar-refractivity contribution in [3.05, 3.63) is 0 Å². The van der Waals surface area contributed by atoms with Crippen molar-refractivity contribution in [2.24, 2.45) is 16.3 Å². The zero-order valence-corrected chi connectivity index (χ0v) is 14.9. The Kier molecular flexibility index (Phi) is 6.11. The second kappa shape index (κ2) is 8.30. The third-order valence-electron chi connectivity index (χ3n) is 6.18. The number of hydrazone groups is 1. The van der Waals surface area contributed by atoms with Gasteiger partial charge in [-0.25, -0.2) is 5.43 Å². The molecule has 6 nitrogen and oxygen atoms in total. The summed E-state index contributed by atoms with van der Waals surface area (Å²) in [5, 5.41) is 11.4. The molecule has 3 fully saturated rings. The summed E-state index contributed by atoms with van der Waals surface area (Å²) in [5.41, 5.74) is 9.56. The highest BCUT2D eigenvalue weighted by molar-refractivity contribution is 5.86. The fourth-order valence-electron chi connectivity index (χ4n) is 4.55. The van der Waals surface area contributed by atoms with Crippen LogP contribution in [0.5, 0.6) is 0 Å². The summed E-state index contributed by atoms with van der Waals surface area (Å²) in [7, 11) is 0. The van der Waals surface area contributed by atoms with Gasteiger partial charge in [0.15, 0.2) is 0 Å². The molecule has 0 aromatic heterocycles. The van der Waals surface area contributed by atoms with Crippen LogP contribution in [-0.4, -0.2) is 48.9 Å². The van der Waals surface area contributed by atoms with Crippen LogP contribution in [0.4, 0.5) is 0 Å². The first-order valence-electron chi connectivity index (χ1n) is 9.65. The van der Waals surface area contributed by atoms with E-state index in [4.69, 9.17) is 15.9 Å². The number of rotatable bonds is 5. The standard InChI is InChI=1S/C18H33N5O/c19-17(20)22-21-15-3-7-18(8-4-15)9-5-16(6-10-18)24-14-13-23-11-1-2-12-23/h16H,1-14H2,(H4,19,20,22). The molecule has 1 spiro atoms. The maximum absolute atomic E-state index is 7.18. The van der Waals surface area contributed by atoms with Gasteiger partial charge in [-0.3, -0.25) is 5.41 Å². The maximum Gasteiger partial charge on any atom is 0.206 e. The minimum Gasteiger partial charge on any atom is -0.377 e. The molecule has 0 amide bonds. The molecule has 2 saturated carbocycles. The van der Waals surface area contributed by atoms with Gasteiger partial charge in [-0.05, 0) is 82.7 Å². The second-order valence-electron chi connectivity index (χ2n) is 7.82. The van der Waals surface area contributed by atoms with E-state index in [1.807, 2.05) is 0 Å². The molecule has 0 aromatic rings. The van der Waals surface area contributed by atoms with Crippen LogP contribution in [0.3, 0.4) is 0 Å². The Hall–Kier alpha value is -1.14. The molecule has 4 N–H and O–H groups in total. The van der Waals surface area contributed by atoms with Gasteiger partial charge in [0.2, 0.25) is 5.96 Å². The number of ether oxygens (including phenoxy) is 1. The van der Waals surface area contributed by atoms with Crippen LogP contribution in [0, 0.1) is 10.8 Å². The maximum atomic E-state index is 7.18. The summed E-state index contributed by atoms with van der Waals surface area (Å²) in [6.45, 7) is 4.55. The van der Waals surface area contributed by atoms with Crippen LogP contribution >= 0.6 is 0 Å². The van der Waals surface area contributed by atoms with Crippen molar-refractivity contribution in [2.45, 2.75) is 70.3 Å². The van der Waals surface area contributed by atoms with E-state index < -0.39 is 0 Å². The molecule has 6 heteroatoms. The SMILES string of the molecule is N=C(N)NN=C1CCC2(CC1)CCC(OCCN1CCCC1)CC2. The molecule has 0 unspecified atom stereocenters. The Morgan fingerprint density at radius 1 is 1.21 bits per heavy atom.